The number of nitrogens with one attached hydrogen (secondary N) is 1. The third-order valence-electron chi connectivity index (χ3n) is 2.92. The molecule has 3 nitrogen and oxygen atoms in total. The summed E-state index contributed by atoms with van der Waals surface area (Å²) in [5.74, 6) is 0.689. The van der Waals surface area contributed by atoms with E-state index in [1.165, 1.54) is 10.4 Å². The second kappa shape index (κ2) is 5.98. The lowest BCUT2D eigenvalue weighted by Gasteiger charge is -2.20. The second-order valence-electron chi connectivity index (χ2n) is 4.02. The van der Waals surface area contributed by atoms with Crippen molar-refractivity contribution >= 4 is 11.3 Å². The van der Waals surface area contributed by atoms with E-state index in [1.807, 2.05) is 6.07 Å². The molecule has 0 saturated heterocycles. The van der Waals surface area contributed by atoms with E-state index < -0.39 is 0 Å². The highest BCUT2D eigenvalue weighted by Crippen LogP contribution is 2.32. The third-order valence-corrected chi connectivity index (χ3v) is 3.78. The van der Waals surface area contributed by atoms with Gasteiger partial charge in [0.05, 0.1) is 13.2 Å². The van der Waals surface area contributed by atoms with Crippen molar-refractivity contribution in [3.8, 4) is 5.88 Å². The molecule has 0 radical (unpaired) electrons. The van der Waals surface area contributed by atoms with Crippen LogP contribution in [-0.4, -0.2) is 18.6 Å². The summed E-state index contributed by atoms with van der Waals surface area (Å²) in [5, 5.41) is 5.63. The van der Waals surface area contributed by atoms with Crippen LogP contribution in [-0.2, 0) is 0 Å². The van der Waals surface area contributed by atoms with Gasteiger partial charge in [-0.3, -0.25) is 0 Å². The Morgan fingerprint density at radius 2 is 2.22 bits per heavy atom. The minimum atomic E-state index is 0.143. The lowest BCUT2D eigenvalue weighted by atomic mass is 10.0. The number of hydrogen-bond acceptors (Lipinski definition) is 4. The van der Waals surface area contributed by atoms with E-state index in [0.717, 1.165) is 12.1 Å². The molecule has 0 fully saturated rings. The zero-order chi connectivity index (χ0) is 13.0. The van der Waals surface area contributed by atoms with Crippen LogP contribution >= 0.6 is 11.3 Å². The van der Waals surface area contributed by atoms with Crippen molar-refractivity contribution in [1.82, 2.24) is 10.3 Å². The van der Waals surface area contributed by atoms with Gasteiger partial charge in [-0.15, -0.1) is 11.3 Å². The van der Waals surface area contributed by atoms with E-state index in [1.54, 1.807) is 24.6 Å². The first-order chi connectivity index (χ1) is 8.77. The molecule has 0 aromatic carbocycles. The number of aryl methyl sites for hydroxylation is 1. The van der Waals surface area contributed by atoms with Crippen LogP contribution in [0.25, 0.3) is 0 Å². The molecule has 2 aromatic heterocycles. The van der Waals surface area contributed by atoms with Crippen molar-refractivity contribution in [2.24, 2.45) is 0 Å². The van der Waals surface area contributed by atoms with Crippen LogP contribution in [0.5, 0.6) is 5.88 Å². The average molecular weight is 262 g/mol. The smallest absolute Gasteiger partial charge is 0.218 e. The molecular weight excluding hydrogens is 244 g/mol. The van der Waals surface area contributed by atoms with Crippen molar-refractivity contribution in [3.63, 3.8) is 0 Å². The van der Waals surface area contributed by atoms with Crippen LogP contribution in [0.2, 0.25) is 0 Å². The summed E-state index contributed by atoms with van der Waals surface area (Å²) in [6.07, 6.45) is 1.76. The average Bonchev–Trinajstić information content (AvgIpc) is 2.82. The normalized spacial score (nSPS) is 12.4. The zero-order valence-electron chi connectivity index (χ0n) is 10.9. The Morgan fingerprint density at radius 3 is 2.83 bits per heavy atom. The summed E-state index contributed by atoms with van der Waals surface area (Å²) < 4.78 is 5.36. The number of nitrogens with zero attached hydrogens (tertiary/aromatic N) is 1. The predicted molar refractivity (Wildman–Crippen MR) is 75.4 cm³/mol. The largest absolute Gasteiger partial charge is 0.481 e. The number of methoxy groups -OCH3 is 1. The number of rotatable bonds is 5. The predicted octanol–water partition coefficient (Wildman–Crippen LogP) is 3.16. The number of aromatic nitrogens is 1. The summed E-state index contributed by atoms with van der Waals surface area (Å²) in [4.78, 5) is 5.61. The Hall–Kier alpha value is -1.39. The van der Waals surface area contributed by atoms with Crippen LogP contribution in [0.1, 0.15) is 29.0 Å². The summed E-state index contributed by atoms with van der Waals surface area (Å²) in [5.41, 5.74) is 2.39. The van der Waals surface area contributed by atoms with Crippen molar-refractivity contribution in [2.75, 3.05) is 13.7 Å². The molecule has 4 heteroatoms. The topological polar surface area (TPSA) is 34.2 Å². The first-order valence-corrected chi connectivity index (χ1v) is 6.92. The van der Waals surface area contributed by atoms with Crippen LogP contribution < -0.4 is 10.1 Å². The highest BCUT2D eigenvalue weighted by atomic mass is 32.1. The Bertz CT molecular complexity index is 510. The molecule has 96 valence electrons. The molecule has 1 N–H and O–H groups in total. The van der Waals surface area contributed by atoms with Gasteiger partial charge in [0.1, 0.15) is 0 Å². The minimum absolute atomic E-state index is 0.143. The quantitative estimate of drug-likeness (QED) is 0.898. The lowest BCUT2D eigenvalue weighted by molar-refractivity contribution is 0.387. The fourth-order valence-electron chi connectivity index (χ4n) is 2.08. The molecule has 0 aliphatic rings. The third kappa shape index (κ3) is 2.54. The minimum Gasteiger partial charge on any atom is -0.481 e. The summed E-state index contributed by atoms with van der Waals surface area (Å²) >= 11 is 1.77. The number of pyridine rings is 1. The number of hydrogen-bond donors (Lipinski definition) is 1. The van der Waals surface area contributed by atoms with Gasteiger partial charge >= 0.3 is 0 Å². The molecule has 2 aromatic rings. The Morgan fingerprint density at radius 1 is 1.39 bits per heavy atom. The molecule has 1 unspecified atom stereocenters. The van der Waals surface area contributed by atoms with Gasteiger partial charge in [-0.25, -0.2) is 4.98 Å². The number of ether oxygens (including phenoxy) is 1. The SMILES string of the molecule is CCNC(c1cccnc1OC)c1ccsc1C. The van der Waals surface area contributed by atoms with Crippen LogP contribution in [0.3, 0.4) is 0 Å². The molecule has 0 amide bonds. The molecule has 0 saturated carbocycles. The van der Waals surface area contributed by atoms with E-state index >= 15 is 0 Å². The van der Waals surface area contributed by atoms with Gasteiger partial charge in [0.15, 0.2) is 0 Å². The van der Waals surface area contributed by atoms with Gasteiger partial charge in [-0.1, -0.05) is 13.0 Å². The summed E-state index contributed by atoms with van der Waals surface area (Å²) in [6.45, 7) is 5.16. The van der Waals surface area contributed by atoms with E-state index in [4.69, 9.17) is 4.74 Å². The van der Waals surface area contributed by atoms with Gasteiger partial charge in [-0.05, 0) is 36.5 Å². The van der Waals surface area contributed by atoms with Crippen LogP contribution in [0.15, 0.2) is 29.8 Å². The maximum Gasteiger partial charge on any atom is 0.218 e. The van der Waals surface area contributed by atoms with Crippen molar-refractivity contribution in [1.29, 1.82) is 0 Å². The maximum absolute atomic E-state index is 5.36. The Kier molecular flexibility index (Phi) is 4.33. The fraction of sp³-hybridized carbons (Fsp3) is 0.357. The summed E-state index contributed by atoms with van der Waals surface area (Å²) in [7, 11) is 1.66. The molecule has 1 atom stereocenters. The highest BCUT2D eigenvalue weighted by molar-refractivity contribution is 7.10. The molecule has 2 rings (SSSR count). The molecule has 2 heterocycles. The van der Waals surface area contributed by atoms with Crippen molar-refractivity contribution in [2.45, 2.75) is 19.9 Å². The zero-order valence-corrected chi connectivity index (χ0v) is 11.8. The number of thiophene rings is 1. The lowest BCUT2D eigenvalue weighted by Crippen LogP contribution is -2.22. The van der Waals surface area contributed by atoms with Gasteiger partial charge in [0, 0.05) is 16.6 Å². The Balaban J connectivity index is 2.45. The molecular formula is C14H18N2OS. The van der Waals surface area contributed by atoms with Crippen molar-refractivity contribution < 1.29 is 4.74 Å². The van der Waals surface area contributed by atoms with E-state index in [2.05, 4.69) is 41.7 Å². The highest BCUT2D eigenvalue weighted by Gasteiger charge is 2.20. The molecule has 0 bridgehead atoms. The van der Waals surface area contributed by atoms with Crippen molar-refractivity contribution in [3.05, 3.63) is 45.8 Å². The molecule has 18 heavy (non-hydrogen) atoms. The summed E-state index contributed by atoms with van der Waals surface area (Å²) in [6, 6.07) is 6.32. The molecule has 0 aliphatic heterocycles. The van der Waals surface area contributed by atoms with Gasteiger partial charge < -0.3 is 10.1 Å². The Labute approximate surface area is 112 Å². The standard InChI is InChI=1S/C14H18N2OS/c1-4-15-13(11-7-9-18-10(11)2)12-6-5-8-16-14(12)17-3/h5-9,13,15H,4H2,1-3H3. The van der Waals surface area contributed by atoms with Crippen LogP contribution in [0.4, 0.5) is 0 Å². The van der Waals surface area contributed by atoms with E-state index in [-0.39, 0.29) is 6.04 Å². The molecule has 0 spiro atoms. The van der Waals surface area contributed by atoms with Gasteiger partial charge in [0.25, 0.3) is 0 Å². The maximum atomic E-state index is 5.36. The first-order valence-electron chi connectivity index (χ1n) is 6.04. The van der Waals surface area contributed by atoms with Gasteiger partial charge in [0.2, 0.25) is 5.88 Å². The monoisotopic (exact) mass is 262 g/mol. The molecule has 0 aliphatic carbocycles. The fourth-order valence-corrected chi connectivity index (χ4v) is 2.82. The van der Waals surface area contributed by atoms with Crippen LogP contribution in [0, 0.1) is 6.92 Å². The van der Waals surface area contributed by atoms with E-state index in [0.29, 0.717) is 5.88 Å². The first kappa shape index (κ1) is 13.1. The second-order valence-corrected chi connectivity index (χ2v) is 5.14. The van der Waals surface area contributed by atoms with E-state index in [9.17, 15) is 0 Å². The van der Waals surface area contributed by atoms with Gasteiger partial charge in [-0.2, -0.15) is 0 Å².